The molecule has 0 N–H and O–H groups in total. The Morgan fingerprint density at radius 2 is 2.12 bits per heavy atom. The number of ether oxygens (including phenoxy) is 2. The molecule has 0 aromatic carbocycles. The van der Waals surface area contributed by atoms with Gasteiger partial charge in [-0.3, -0.25) is 4.79 Å². The summed E-state index contributed by atoms with van der Waals surface area (Å²) in [6, 6.07) is 0. The predicted molar refractivity (Wildman–Crippen MR) is 66.9 cm³/mol. The Balaban J connectivity index is 2.37. The summed E-state index contributed by atoms with van der Waals surface area (Å²) < 4.78 is 10.2. The van der Waals surface area contributed by atoms with Crippen LogP contribution in [0.15, 0.2) is 0 Å². The maximum Gasteiger partial charge on any atom is 0.309 e. The van der Waals surface area contributed by atoms with Crippen molar-refractivity contribution in [1.29, 1.82) is 0 Å². The van der Waals surface area contributed by atoms with Crippen molar-refractivity contribution in [2.75, 3.05) is 33.9 Å². The van der Waals surface area contributed by atoms with Crippen LogP contribution in [0.1, 0.15) is 33.1 Å². The second-order valence-corrected chi connectivity index (χ2v) is 5.38. The number of hydrogen-bond donors (Lipinski definition) is 0. The number of nitrogens with zero attached hydrogens (tertiary/aromatic N) is 1. The molecule has 100 valence electrons. The van der Waals surface area contributed by atoms with E-state index in [1.807, 2.05) is 0 Å². The van der Waals surface area contributed by atoms with Gasteiger partial charge in [-0.25, -0.2) is 0 Å². The molecule has 1 aliphatic rings. The molecule has 1 heterocycles. The van der Waals surface area contributed by atoms with Crippen LogP contribution in [0.2, 0.25) is 0 Å². The lowest BCUT2D eigenvalue weighted by molar-refractivity contribution is -0.147. The summed E-state index contributed by atoms with van der Waals surface area (Å²) in [6.07, 6.45) is 3.02. The van der Waals surface area contributed by atoms with Gasteiger partial charge in [-0.1, -0.05) is 0 Å². The average Bonchev–Trinajstić information content (AvgIpc) is 2.36. The van der Waals surface area contributed by atoms with Gasteiger partial charge in [0.15, 0.2) is 0 Å². The highest BCUT2D eigenvalue weighted by Gasteiger charge is 2.27. The molecule has 0 aliphatic carbocycles. The van der Waals surface area contributed by atoms with Crippen LogP contribution in [0.5, 0.6) is 0 Å². The molecule has 17 heavy (non-hydrogen) atoms. The molecular formula is C13H25NO3. The van der Waals surface area contributed by atoms with Gasteiger partial charge < -0.3 is 14.4 Å². The van der Waals surface area contributed by atoms with Crippen LogP contribution < -0.4 is 0 Å². The molecule has 1 atom stereocenters. The lowest BCUT2D eigenvalue weighted by Gasteiger charge is -2.33. The number of methoxy groups -OCH3 is 2. The van der Waals surface area contributed by atoms with Gasteiger partial charge in [0.1, 0.15) is 0 Å². The summed E-state index contributed by atoms with van der Waals surface area (Å²) in [6.45, 7) is 7.07. The second-order valence-electron chi connectivity index (χ2n) is 5.38. The molecule has 0 unspecified atom stereocenters. The molecule has 1 aliphatic heterocycles. The van der Waals surface area contributed by atoms with E-state index in [1.54, 1.807) is 7.11 Å². The van der Waals surface area contributed by atoms with Gasteiger partial charge in [0.05, 0.1) is 18.6 Å². The normalized spacial score (nSPS) is 22.5. The van der Waals surface area contributed by atoms with E-state index >= 15 is 0 Å². The summed E-state index contributed by atoms with van der Waals surface area (Å²) in [5, 5.41) is 0. The maximum atomic E-state index is 11.5. The van der Waals surface area contributed by atoms with Crippen LogP contribution in [0.25, 0.3) is 0 Å². The summed E-state index contributed by atoms with van der Waals surface area (Å²) in [5.74, 6) is -0.0138. The smallest absolute Gasteiger partial charge is 0.309 e. The first-order valence-corrected chi connectivity index (χ1v) is 6.34. The van der Waals surface area contributed by atoms with Crippen LogP contribution in [0.4, 0.5) is 0 Å². The van der Waals surface area contributed by atoms with E-state index in [9.17, 15) is 4.79 Å². The third-order valence-corrected chi connectivity index (χ3v) is 3.62. The first kappa shape index (κ1) is 14.5. The topological polar surface area (TPSA) is 38.8 Å². The summed E-state index contributed by atoms with van der Waals surface area (Å²) in [5.41, 5.74) is -0.0851. The Labute approximate surface area is 104 Å². The largest absolute Gasteiger partial charge is 0.469 e. The maximum absolute atomic E-state index is 11.5. The Hall–Kier alpha value is -0.610. The number of hydrogen-bond acceptors (Lipinski definition) is 4. The molecule has 0 aromatic heterocycles. The molecule has 1 fully saturated rings. The van der Waals surface area contributed by atoms with Crippen LogP contribution in [-0.4, -0.2) is 50.3 Å². The number of esters is 1. The van der Waals surface area contributed by atoms with Gasteiger partial charge in [0.25, 0.3) is 0 Å². The fourth-order valence-electron chi connectivity index (χ4n) is 2.15. The summed E-state index contributed by atoms with van der Waals surface area (Å²) in [7, 11) is 3.21. The Morgan fingerprint density at radius 3 is 2.71 bits per heavy atom. The highest BCUT2D eigenvalue weighted by molar-refractivity contribution is 5.72. The standard InChI is InChI=1S/C13H25NO3/c1-13(2,17-4)7-9-14-8-5-6-11(10-14)12(15)16-3/h11H,5-10H2,1-4H3/t11-/m0/s1. The van der Waals surface area contributed by atoms with E-state index in [-0.39, 0.29) is 17.5 Å². The van der Waals surface area contributed by atoms with E-state index in [1.165, 1.54) is 7.11 Å². The fraction of sp³-hybridized carbons (Fsp3) is 0.923. The zero-order valence-electron chi connectivity index (χ0n) is 11.5. The first-order valence-electron chi connectivity index (χ1n) is 6.34. The van der Waals surface area contributed by atoms with Gasteiger partial charge in [-0.15, -0.1) is 0 Å². The minimum absolute atomic E-state index is 0.0550. The zero-order chi connectivity index (χ0) is 12.9. The SMILES string of the molecule is COC(=O)[C@H]1CCCN(CCC(C)(C)OC)C1. The van der Waals surface area contributed by atoms with Crippen LogP contribution in [-0.2, 0) is 14.3 Å². The van der Waals surface area contributed by atoms with Gasteiger partial charge in [-0.2, -0.15) is 0 Å². The third-order valence-electron chi connectivity index (χ3n) is 3.62. The van der Waals surface area contributed by atoms with Crippen molar-refractivity contribution in [2.24, 2.45) is 5.92 Å². The number of likely N-dealkylation sites (tertiary alicyclic amines) is 1. The molecule has 0 spiro atoms. The van der Waals surface area contributed by atoms with E-state index in [0.29, 0.717) is 0 Å². The van der Waals surface area contributed by atoms with Crippen molar-refractivity contribution in [3.8, 4) is 0 Å². The molecule has 1 rings (SSSR count). The molecule has 0 aromatic rings. The molecule has 1 saturated heterocycles. The van der Waals surface area contributed by atoms with Crippen molar-refractivity contribution in [2.45, 2.75) is 38.7 Å². The summed E-state index contributed by atoms with van der Waals surface area (Å²) >= 11 is 0. The van der Waals surface area contributed by atoms with Crippen molar-refractivity contribution < 1.29 is 14.3 Å². The number of rotatable bonds is 5. The van der Waals surface area contributed by atoms with Crippen molar-refractivity contribution in [3.05, 3.63) is 0 Å². The summed E-state index contributed by atoms with van der Waals surface area (Å²) in [4.78, 5) is 13.8. The van der Waals surface area contributed by atoms with E-state index < -0.39 is 0 Å². The second kappa shape index (κ2) is 6.36. The minimum atomic E-state index is -0.0851. The zero-order valence-corrected chi connectivity index (χ0v) is 11.5. The van der Waals surface area contributed by atoms with E-state index in [4.69, 9.17) is 9.47 Å². The molecule has 0 amide bonds. The molecule has 4 heteroatoms. The molecule has 0 radical (unpaired) electrons. The lowest BCUT2D eigenvalue weighted by Crippen LogP contribution is -2.41. The Morgan fingerprint density at radius 1 is 1.41 bits per heavy atom. The first-order chi connectivity index (χ1) is 7.98. The minimum Gasteiger partial charge on any atom is -0.469 e. The van der Waals surface area contributed by atoms with Crippen LogP contribution >= 0.6 is 0 Å². The van der Waals surface area contributed by atoms with Crippen LogP contribution in [0, 0.1) is 5.92 Å². The number of carbonyl (C=O) groups excluding carboxylic acids is 1. The lowest BCUT2D eigenvalue weighted by atomic mass is 9.97. The Kier molecular flexibility index (Phi) is 5.40. The molecule has 0 bridgehead atoms. The monoisotopic (exact) mass is 243 g/mol. The predicted octanol–water partition coefficient (Wildman–Crippen LogP) is 1.69. The number of piperidine rings is 1. The highest BCUT2D eigenvalue weighted by Crippen LogP contribution is 2.20. The highest BCUT2D eigenvalue weighted by atomic mass is 16.5. The molecular weight excluding hydrogens is 218 g/mol. The average molecular weight is 243 g/mol. The molecule has 4 nitrogen and oxygen atoms in total. The van der Waals surface area contributed by atoms with Gasteiger partial charge in [0.2, 0.25) is 0 Å². The molecule has 0 saturated carbocycles. The van der Waals surface area contributed by atoms with Crippen molar-refractivity contribution in [3.63, 3.8) is 0 Å². The van der Waals surface area contributed by atoms with Crippen molar-refractivity contribution >= 4 is 5.97 Å². The van der Waals surface area contributed by atoms with Gasteiger partial charge in [0, 0.05) is 20.2 Å². The van der Waals surface area contributed by atoms with E-state index in [0.717, 1.165) is 38.9 Å². The van der Waals surface area contributed by atoms with Crippen LogP contribution in [0.3, 0.4) is 0 Å². The Bertz CT molecular complexity index is 253. The third kappa shape index (κ3) is 4.64. The van der Waals surface area contributed by atoms with Gasteiger partial charge in [-0.05, 0) is 39.7 Å². The van der Waals surface area contributed by atoms with Crippen molar-refractivity contribution in [1.82, 2.24) is 4.90 Å². The quantitative estimate of drug-likeness (QED) is 0.689. The number of carbonyl (C=O) groups is 1. The van der Waals surface area contributed by atoms with Gasteiger partial charge >= 0.3 is 5.97 Å². The van der Waals surface area contributed by atoms with E-state index in [2.05, 4.69) is 18.7 Å². The fourth-order valence-corrected chi connectivity index (χ4v) is 2.15.